The van der Waals surface area contributed by atoms with Crippen LogP contribution in [0.2, 0.25) is 0 Å². The summed E-state index contributed by atoms with van der Waals surface area (Å²) in [6.45, 7) is 2.83. The molecule has 0 heterocycles. The maximum atomic E-state index is 13.1. The number of unbranched alkanes of at least 4 members (excludes halogenated alkanes) is 19. The van der Waals surface area contributed by atoms with E-state index in [0.29, 0.717) is 12.8 Å². The summed E-state index contributed by atoms with van der Waals surface area (Å²) < 4.78 is 65.5. The van der Waals surface area contributed by atoms with Crippen molar-refractivity contribution in [3.63, 3.8) is 0 Å². The Morgan fingerprint density at radius 2 is 0.910 bits per heavy atom. The highest BCUT2D eigenvalue weighted by Gasteiger charge is 2.56. The van der Waals surface area contributed by atoms with Gasteiger partial charge in [-0.15, -0.1) is 0 Å². The quantitative estimate of drug-likeness (QED) is 0.0123. The Hall–Kier alpha value is -1.63. The number of esters is 2. The Labute approximate surface area is 398 Å². The number of hydrogen-bond acceptors (Lipinski definition) is 14. The van der Waals surface area contributed by atoms with Gasteiger partial charge < -0.3 is 49.3 Å². The van der Waals surface area contributed by atoms with Gasteiger partial charge in [-0.3, -0.25) is 27.7 Å². The molecule has 8 N–H and O–H groups in total. The standard InChI is InChI=1S/C45H83O19P3/c1-3-5-7-9-11-13-15-17-19-21-23-25-27-29-31-33-38(46)59-35-37(61-39(47)34-32-30-28-26-24-22-20-18-16-14-12-10-8-6-4-2)36-60-67(57,58)64-43-40(48)41(49)44(62-65(51,52)53)45(42(43)50)63-66(54,55)56/h6,8,12,14,18,20,37,40-45,48-50H,3-5,7,9-11,13,15-17,19,21-36H2,1-2H3,(H,57,58)(H2,51,52,53)(H2,54,55,56). The topological polar surface area (TPSA) is 303 Å². The zero-order valence-electron chi connectivity index (χ0n) is 39.7. The third kappa shape index (κ3) is 33.6. The molecule has 8 atom stereocenters. The molecule has 1 aliphatic rings. The molecular weight excluding hydrogens is 937 g/mol. The van der Waals surface area contributed by atoms with Crippen LogP contribution in [0, 0.1) is 0 Å². The third-order valence-electron chi connectivity index (χ3n) is 11.0. The Bertz CT molecular complexity index is 1550. The molecule has 8 unspecified atom stereocenters. The zero-order chi connectivity index (χ0) is 50.0. The van der Waals surface area contributed by atoms with Crippen LogP contribution < -0.4 is 0 Å². The maximum Gasteiger partial charge on any atom is 0.472 e. The van der Waals surface area contributed by atoms with Crippen LogP contribution in [0.3, 0.4) is 0 Å². The van der Waals surface area contributed by atoms with Crippen molar-refractivity contribution in [2.24, 2.45) is 0 Å². The van der Waals surface area contributed by atoms with E-state index in [-0.39, 0.29) is 12.8 Å². The normalized spacial score (nSPS) is 21.9. The molecule has 0 aromatic carbocycles. The molecular formula is C45H83O19P3. The molecule has 0 saturated heterocycles. The Kier molecular flexibility index (Phi) is 35.2. The molecule has 1 rings (SSSR count). The zero-order valence-corrected chi connectivity index (χ0v) is 42.4. The van der Waals surface area contributed by atoms with Crippen LogP contribution in [-0.2, 0) is 50.9 Å². The number of aliphatic hydroxyl groups excluding tert-OH is 3. The van der Waals surface area contributed by atoms with Crippen molar-refractivity contribution in [1.82, 2.24) is 0 Å². The van der Waals surface area contributed by atoms with Crippen molar-refractivity contribution >= 4 is 35.4 Å². The number of carbonyl (C=O) groups excluding carboxylic acids is 2. The molecule has 1 fully saturated rings. The Morgan fingerprint density at radius 1 is 0.493 bits per heavy atom. The van der Waals surface area contributed by atoms with Crippen LogP contribution in [0.4, 0.5) is 0 Å². The highest BCUT2D eigenvalue weighted by molar-refractivity contribution is 7.47. The van der Waals surface area contributed by atoms with Gasteiger partial charge in [0.15, 0.2) is 6.10 Å². The second-order valence-corrected chi connectivity index (χ2v) is 20.8. The summed E-state index contributed by atoms with van der Waals surface area (Å²) in [5.74, 6) is -1.31. The lowest BCUT2D eigenvalue weighted by molar-refractivity contribution is -0.213. The fourth-order valence-electron chi connectivity index (χ4n) is 7.36. The summed E-state index contributed by atoms with van der Waals surface area (Å²) in [6.07, 6.45) is 21.6. The van der Waals surface area contributed by atoms with Gasteiger partial charge in [0.05, 0.1) is 6.61 Å². The summed E-state index contributed by atoms with van der Waals surface area (Å²) in [5, 5.41) is 31.9. The minimum absolute atomic E-state index is 0.0201. The number of carbonyl (C=O) groups is 2. The van der Waals surface area contributed by atoms with Gasteiger partial charge in [-0.1, -0.05) is 159 Å². The van der Waals surface area contributed by atoms with Gasteiger partial charge in [-0.25, -0.2) is 13.7 Å². The lowest BCUT2D eigenvalue weighted by atomic mass is 9.85. The minimum atomic E-state index is -5.60. The van der Waals surface area contributed by atoms with Gasteiger partial charge in [0.1, 0.15) is 43.2 Å². The molecule has 0 aromatic rings. The first-order chi connectivity index (χ1) is 31.8. The monoisotopic (exact) mass is 1020 g/mol. The van der Waals surface area contributed by atoms with Crippen molar-refractivity contribution < 1.29 is 90.6 Å². The number of ether oxygens (including phenoxy) is 2. The second-order valence-electron chi connectivity index (χ2n) is 17.0. The van der Waals surface area contributed by atoms with E-state index in [1.165, 1.54) is 64.2 Å². The predicted octanol–water partition coefficient (Wildman–Crippen LogP) is 8.85. The summed E-state index contributed by atoms with van der Waals surface area (Å²) in [6, 6.07) is 0. The van der Waals surface area contributed by atoms with E-state index in [1.54, 1.807) is 0 Å². The largest absolute Gasteiger partial charge is 0.472 e. The van der Waals surface area contributed by atoms with Gasteiger partial charge in [-0.05, 0) is 44.9 Å². The fourth-order valence-corrected chi connectivity index (χ4v) is 9.46. The van der Waals surface area contributed by atoms with Gasteiger partial charge in [0, 0.05) is 12.8 Å². The van der Waals surface area contributed by atoms with Crippen molar-refractivity contribution in [3.05, 3.63) is 36.5 Å². The molecule has 0 bridgehead atoms. The summed E-state index contributed by atoms with van der Waals surface area (Å²) >= 11 is 0. The van der Waals surface area contributed by atoms with E-state index < -0.39 is 91.3 Å². The molecule has 0 radical (unpaired) electrons. The summed E-state index contributed by atoms with van der Waals surface area (Å²) in [4.78, 5) is 73.2. The first kappa shape index (κ1) is 63.4. The molecule has 1 saturated carbocycles. The van der Waals surface area contributed by atoms with Gasteiger partial charge >= 0.3 is 35.4 Å². The van der Waals surface area contributed by atoms with Crippen LogP contribution in [-0.4, -0.2) is 108 Å². The van der Waals surface area contributed by atoms with Crippen molar-refractivity contribution in [2.45, 2.75) is 224 Å². The van der Waals surface area contributed by atoms with Crippen LogP contribution in [0.25, 0.3) is 0 Å². The number of allylic oxidation sites excluding steroid dienone is 6. The number of phosphoric ester groups is 3. The smallest absolute Gasteiger partial charge is 0.462 e. The fraction of sp³-hybridized carbons (Fsp3) is 0.822. The number of rotatable bonds is 41. The van der Waals surface area contributed by atoms with Gasteiger partial charge in [0.25, 0.3) is 0 Å². The number of aliphatic hydroxyl groups is 3. The Morgan fingerprint density at radius 3 is 1.40 bits per heavy atom. The maximum absolute atomic E-state index is 13.1. The van der Waals surface area contributed by atoms with E-state index in [9.17, 15) is 63.1 Å². The van der Waals surface area contributed by atoms with Crippen molar-refractivity contribution in [2.75, 3.05) is 13.2 Å². The Balaban J connectivity index is 2.73. The molecule has 0 amide bonds. The van der Waals surface area contributed by atoms with E-state index >= 15 is 0 Å². The van der Waals surface area contributed by atoms with E-state index in [4.69, 9.17) is 18.5 Å². The third-order valence-corrected chi connectivity index (χ3v) is 13.0. The average molecular weight is 1020 g/mol. The molecule has 0 spiro atoms. The molecule has 22 heteroatoms. The van der Waals surface area contributed by atoms with Crippen molar-refractivity contribution in [3.8, 4) is 0 Å². The van der Waals surface area contributed by atoms with E-state index in [1.807, 2.05) is 0 Å². The molecule has 0 aliphatic heterocycles. The first-order valence-electron chi connectivity index (χ1n) is 24.3. The highest BCUT2D eigenvalue weighted by atomic mass is 31.2. The van der Waals surface area contributed by atoms with E-state index in [2.05, 4.69) is 59.4 Å². The number of phosphoric acid groups is 3. The summed E-state index contributed by atoms with van der Waals surface area (Å²) in [7, 11) is -16.6. The predicted molar refractivity (Wildman–Crippen MR) is 252 cm³/mol. The lowest BCUT2D eigenvalue weighted by Crippen LogP contribution is -2.65. The molecule has 19 nitrogen and oxygen atoms in total. The molecule has 392 valence electrons. The average Bonchev–Trinajstić information content (AvgIpc) is 3.25. The molecule has 1 aliphatic carbocycles. The van der Waals surface area contributed by atoms with Crippen LogP contribution in [0.1, 0.15) is 181 Å². The van der Waals surface area contributed by atoms with Crippen LogP contribution in [0.5, 0.6) is 0 Å². The van der Waals surface area contributed by atoms with Crippen LogP contribution in [0.15, 0.2) is 36.5 Å². The first-order valence-corrected chi connectivity index (χ1v) is 28.8. The lowest BCUT2D eigenvalue weighted by Gasteiger charge is -2.44. The SMILES string of the molecule is CCC=CCC=CCC=CCCCCCCCC(=O)OC(COC(=O)CCCCCCCCCCCCCCCCC)COP(=O)(O)OC1C(O)C(O)C(OP(=O)(O)O)C(OP(=O)(O)O)C1O. The van der Waals surface area contributed by atoms with Gasteiger partial charge in [0.2, 0.25) is 0 Å². The molecule has 0 aromatic heterocycles. The summed E-state index contributed by atoms with van der Waals surface area (Å²) in [5.41, 5.74) is 0. The minimum Gasteiger partial charge on any atom is -0.462 e. The highest BCUT2D eigenvalue weighted by Crippen LogP contribution is 2.51. The van der Waals surface area contributed by atoms with Crippen molar-refractivity contribution in [1.29, 1.82) is 0 Å². The van der Waals surface area contributed by atoms with Crippen LogP contribution >= 0.6 is 23.5 Å². The second kappa shape index (κ2) is 37.2. The number of hydrogen-bond donors (Lipinski definition) is 8. The van der Waals surface area contributed by atoms with Gasteiger partial charge in [-0.2, -0.15) is 0 Å². The molecule has 67 heavy (non-hydrogen) atoms. The van der Waals surface area contributed by atoms with E-state index in [0.717, 1.165) is 77.0 Å².